The van der Waals surface area contributed by atoms with Gasteiger partial charge in [0.25, 0.3) is 0 Å². The molecule has 0 saturated carbocycles. The fourth-order valence-electron chi connectivity index (χ4n) is 9.45. The standard InChI is InChI=1S/C56H42F16N8O4/c57-37-33(38(58)46(66)53(45(37)65)73-13-1-17-81)29-21-5-7-23(77-21)30(34-39(59)47(67)54(48(68)40(34)60)74-14-2-18-82)25-9-11-27(79-25)32(36-43(63)51(71)56(52(72)44(36)64)76-16-4-20-84)28-12-10-26(80-28)31(24-8-6-22(29)78-24)35-41(61)49(69)55(50(70)42(35)62)75-15-3-19-83/h5-12,73-77,80-84H,1-4,13-20H2. The molecular weight excluding hydrogens is 1150 g/mol. The summed E-state index contributed by atoms with van der Waals surface area (Å²) < 4.78 is 263. The van der Waals surface area contributed by atoms with Crippen LogP contribution in [0.25, 0.3) is 90.9 Å². The van der Waals surface area contributed by atoms with Crippen molar-refractivity contribution in [2.75, 3.05) is 73.9 Å². The highest BCUT2D eigenvalue weighted by atomic mass is 19.2. The first kappa shape index (κ1) is 60.0. The maximum Gasteiger partial charge on any atom is 0.185 e. The molecule has 3 aromatic heterocycles. The minimum atomic E-state index is -2.18. The van der Waals surface area contributed by atoms with Crippen molar-refractivity contribution in [3.05, 3.63) is 140 Å². The zero-order chi connectivity index (χ0) is 60.6. The van der Waals surface area contributed by atoms with Crippen molar-refractivity contribution in [2.45, 2.75) is 25.7 Å². The predicted molar refractivity (Wildman–Crippen MR) is 281 cm³/mol. The molecule has 0 amide bonds. The molecule has 0 spiro atoms. The average molecular weight is 1190 g/mol. The number of rotatable bonds is 20. The van der Waals surface area contributed by atoms with Crippen LogP contribution in [0.15, 0.2) is 24.3 Å². The highest BCUT2D eigenvalue weighted by Crippen LogP contribution is 2.46. The number of nitrogens with zero attached hydrogens (tertiary/aromatic N) is 2. The molecule has 0 saturated heterocycles. The molecular formula is C56H42F16N8O4. The van der Waals surface area contributed by atoms with Crippen LogP contribution in [-0.4, -0.2) is 93.0 Å². The van der Waals surface area contributed by atoms with Crippen LogP contribution in [0.5, 0.6) is 0 Å². The Bertz CT molecular complexity index is 3420. The van der Waals surface area contributed by atoms with Gasteiger partial charge in [0.1, 0.15) is 22.7 Å². The number of nitrogens with one attached hydrogen (secondary N) is 6. The molecule has 442 valence electrons. The maximum atomic E-state index is 16.8. The van der Waals surface area contributed by atoms with E-state index in [1.165, 1.54) is 0 Å². The third-order valence-corrected chi connectivity index (χ3v) is 13.4. The first-order chi connectivity index (χ1) is 40.2. The summed E-state index contributed by atoms with van der Waals surface area (Å²) in [5.41, 5.74) is -22.7. The molecule has 5 heterocycles. The molecule has 0 aliphatic carbocycles. The number of H-pyrrole nitrogens is 2. The van der Waals surface area contributed by atoms with Gasteiger partial charge in [0.15, 0.2) is 93.1 Å². The number of hydrogen-bond acceptors (Lipinski definition) is 10. The monoisotopic (exact) mass is 1190 g/mol. The molecule has 8 bridgehead atoms. The van der Waals surface area contributed by atoms with Gasteiger partial charge in [-0.05, 0) is 74.3 Å². The van der Waals surface area contributed by atoms with E-state index in [0.29, 0.717) is 0 Å². The van der Waals surface area contributed by atoms with Gasteiger partial charge < -0.3 is 51.7 Å². The number of aliphatic hydroxyl groups excluding tert-OH is 4. The van der Waals surface area contributed by atoms with E-state index in [4.69, 9.17) is 0 Å². The Hall–Kier alpha value is -8.60. The van der Waals surface area contributed by atoms with Crippen molar-refractivity contribution < 1.29 is 90.7 Å². The maximum absolute atomic E-state index is 16.8. The first-order valence-corrected chi connectivity index (χ1v) is 25.2. The molecule has 0 radical (unpaired) electrons. The Balaban J connectivity index is 1.52. The summed E-state index contributed by atoms with van der Waals surface area (Å²) in [5, 5.41) is 45.4. The van der Waals surface area contributed by atoms with Crippen LogP contribution in [0.3, 0.4) is 0 Å². The molecule has 0 atom stereocenters. The van der Waals surface area contributed by atoms with Crippen LogP contribution in [0.4, 0.5) is 93.0 Å². The van der Waals surface area contributed by atoms with Gasteiger partial charge in [0.05, 0.1) is 45.0 Å². The SMILES string of the molecule is OCCCNc1c(F)c(F)c(-c2c3nc(c(-c4c(F)c(F)c(NCCCO)c(F)c4F)c4ccc([nH]4)c(-c4c(F)c(F)c(NCCCO)c(F)c4F)c4nc(c(-c5c(F)c(F)c(NCCCO)c(F)c5F)c5ccc2[nH]5)C=C4)C=C3)c(F)c1F. The minimum Gasteiger partial charge on any atom is -0.396 e. The van der Waals surface area contributed by atoms with Crippen LogP contribution >= 0.6 is 0 Å². The van der Waals surface area contributed by atoms with Gasteiger partial charge in [-0.25, -0.2) is 80.2 Å². The fourth-order valence-corrected chi connectivity index (χ4v) is 9.45. The third-order valence-electron chi connectivity index (χ3n) is 13.4. The third kappa shape index (κ3) is 10.5. The van der Waals surface area contributed by atoms with Crippen LogP contribution < -0.4 is 21.3 Å². The summed E-state index contributed by atoms with van der Waals surface area (Å²) in [6, 6.07) is 3.26. The van der Waals surface area contributed by atoms with E-state index in [1.807, 2.05) is 0 Å². The zero-order valence-electron chi connectivity index (χ0n) is 42.8. The van der Waals surface area contributed by atoms with Crippen molar-refractivity contribution >= 4 is 69.1 Å². The van der Waals surface area contributed by atoms with Gasteiger partial charge in [0.2, 0.25) is 0 Å². The molecule has 0 unspecified atom stereocenters. The van der Waals surface area contributed by atoms with Gasteiger partial charge in [-0.2, -0.15) is 0 Å². The average Bonchev–Trinajstić information content (AvgIpc) is 2.73. The van der Waals surface area contributed by atoms with Crippen LogP contribution in [0.1, 0.15) is 48.5 Å². The summed E-state index contributed by atoms with van der Waals surface area (Å²) >= 11 is 0. The Labute approximate surface area is 462 Å². The van der Waals surface area contributed by atoms with E-state index < -0.39 is 258 Å². The first-order valence-electron chi connectivity index (χ1n) is 25.2. The molecule has 0 fully saturated rings. The molecule has 10 N–H and O–H groups in total. The minimum absolute atomic E-state index is 0.190. The predicted octanol–water partition coefficient (Wildman–Crippen LogP) is 12.7. The second-order valence-corrected chi connectivity index (χ2v) is 18.5. The van der Waals surface area contributed by atoms with Crippen molar-refractivity contribution in [2.24, 2.45) is 0 Å². The molecule has 28 heteroatoms. The van der Waals surface area contributed by atoms with Gasteiger partial charge in [-0.3, -0.25) is 0 Å². The van der Waals surface area contributed by atoms with Gasteiger partial charge in [0, 0.05) is 96.9 Å². The summed E-state index contributed by atoms with van der Waals surface area (Å²) in [4.78, 5) is 13.5. The number of aliphatic hydroxyl groups is 4. The number of fused-ring (bicyclic) bond motifs is 8. The smallest absolute Gasteiger partial charge is 0.185 e. The number of anilines is 4. The van der Waals surface area contributed by atoms with Gasteiger partial charge in [-0.1, -0.05) is 0 Å². The molecule has 4 aromatic carbocycles. The summed E-state index contributed by atoms with van der Waals surface area (Å²) in [5.74, 6) is -34.2. The Morgan fingerprint density at radius 3 is 0.619 bits per heavy atom. The van der Waals surface area contributed by atoms with Crippen molar-refractivity contribution in [1.29, 1.82) is 0 Å². The lowest BCUT2D eigenvalue weighted by Gasteiger charge is -2.15. The largest absolute Gasteiger partial charge is 0.396 e. The van der Waals surface area contributed by atoms with Crippen LogP contribution in [0, 0.1) is 93.1 Å². The second-order valence-electron chi connectivity index (χ2n) is 18.5. The van der Waals surface area contributed by atoms with Crippen molar-refractivity contribution in [1.82, 2.24) is 19.9 Å². The number of hydrogen-bond donors (Lipinski definition) is 10. The highest BCUT2D eigenvalue weighted by Gasteiger charge is 2.35. The van der Waals surface area contributed by atoms with E-state index in [-0.39, 0.29) is 25.7 Å². The second kappa shape index (κ2) is 24.7. The van der Waals surface area contributed by atoms with Crippen LogP contribution in [-0.2, 0) is 0 Å². The molecule has 2 aliphatic rings. The molecule has 2 aliphatic heterocycles. The van der Waals surface area contributed by atoms with E-state index >= 15 is 70.2 Å². The lowest BCUT2D eigenvalue weighted by molar-refractivity contribution is 0.292. The Morgan fingerprint density at radius 2 is 0.452 bits per heavy atom. The highest BCUT2D eigenvalue weighted by molar-refractivity contribution is 6.01. The molecule has 7 aromatic rings. The van der Waals surface area contributed by atoms with Gasteiger partial charge >= 0.3 is 0 Å². The van der Waals surface area contributed by atoms with Crippen molar-refractivity contribution in [3.63, 3.8) is 0 Å². The summed E-state index contributed by atoms with van der Waals surface area (Å²) in [6.45, 7) is -3.98. The number of aromatic amines is 2. The zero-order valence-corrected chi connectivity index (χ0v) is 42.8. The van der Waals surface area contributed by atoms with E-state index in [9.17, 15) is 20.4 Å². The summed E-state index contributed by atoms with van der Waals surface area (Å²) in [6.07, 6.45) is 2.38. The van der Waals surface area contributed by atoms with Crippen LogP contribution in [0.2, 0.25) is 0 Å². The van der Waals surface area contributed by atoms with E-state index in [2.05, 4.69) is 41.2 Å². The lowest BCUT2D eigenvalue weighted by atomic mass is 10.0. The normalized spacial score (nSPS) is 12.0. The van der Waals surface area contributed by atoms with E-state index in [0.717, 1.165) is 48.6 Å². The quantitative estimate of drug-likeness (QED) is 0.0200. The molecule has 84 heavy (non-hydrogen) atoms. The number of benzene rings is 4. The topological polar surface area (TPSA) is 186 Å². The van der Waals surface area contributed by atoms with Gasteiger partial charge in [-0.15, -0.1) is 0 Å². The number of aromatic nitrogens is 4. The Morgan fingerprint density at radius 1 is 0.274 bits per heavy atom. The lowest BCUT2D eigenvalue weighted by Crippen LogP contribution is -2.12. The molecule has 9 rings (SSSR count). The van der Waals surface area contributed by atoms with Crippen molar-refractivity contribution in [3.8, 4) is 44.5 Å². The fraction of sp³-hybridized carbons (Fsp3) is 0.214. The molecule has 12 nitrogen and oxygen atoms in total. The van der Waals surface area contributed by atoms with E-state index in [1.54, 1.807) is 0 Å². The Kier molecular flexibility index (Phi) is 17.6. The summed E-state index contributed by atoms with van der Waals surface area (Å²) in [7, 11) is 0. The number of halogens is 16.